The molecule has 0 aliphatic carbocycles. The van der Waals surface area contributed by atoms with Crippen molar-refractivity contribution in [3.05, 3.63) is 107 Å². The number of hydrazine groups is 1. The molecule has 1 aromatic heterocycles. The minimum absolute atomic E-state index is 0.0216. The third-order valence-electron chi connectivity index (χ3n) is 5.82. The number of ether oxygens (including phenoxy) is 2. The van der Waals surface area contributed by atoms with Crippen LogP contribution in [0.5, 0.6) is 11.5 Å². The zero-order valence-corrected chi connectivity index (χ0v) is 28.5. The summed E-state index contributed by atoms with van der Waals surface area (Å²) in [7, 11) is 1.60. The number of hydrogen-bond donors (Lipinski definition) is 3. The van der Waals surface area contributed by atoms with Crippen molar-refractivity contribution in [2.75, 3.05) is 30.2 Å². The van der Waals surface area contributed by atoms with Crippen LogP contribution in [0.2, 0.25) is 0 Å². The smallest absolute Gasteiger partial charge is 0.325 e. The van der Waals surface area contributed by atoms with Crippen LogP contribution in [0.4, 0.5) is 16.4 Å². The summed E-state index contributed by atoms with van der Waals surface area (Å²) in [6.07, 6.45) is 0.622. The van der Waals surface area contributed by atoms with Crippen molar-refractivity contribution in [3.8, 4) is 11.5 Å². The normalized spacial score (nSPS) is 12.0. The summed E-state index contributed by atoms with van der Waals surface area (Å²) in [5.74, 6) is 13.4. The van der Waals surface area contributed by atoms with E-state index in [0.29, 0.717) is 51.4 Å². The monoisotopic (exact) mass is 696 g/mol. The van der Waals surface area contributed by atoms with Crippen LogP contribution in [0.15, 0.2) is 105 Å². The largest absolute Gasteiger partial charge is 0.486 e. The van der Waals surface area contributed by atoms with Crippen LogP contribution in [0.25, 0.3) is 0 Å². The lowest BCUT2D eigenvalue weighted by Gasteiger charge is -2.22. The number of fused-ring (bicyclic) bond motifs is 1. The van der Waals surface area contributed by atoms with Gasteiger partial charge in [0.15, 0.2) is 16.7 Å². The Kier molecular flexibility index (Phi) is 15.4. The number of carbonyl (C=O) groups excluding carboxylic acids is 1. The Hall–Kier alpha value is -4.77. The van der Waals surface area contributed by atoms with Gasteiger partial charge in [0, 0.05) is 24.9 Å². The van der Waals surface area contributed by atoms with E-state index in [4.69, 9.17) is 21.2 Å². The van der Waals surface area contributed by atoms with Gasteiger partial charge in [-0.25, -0.2) is 5.84 Å². The van der Waals surface area contributed by atoms with Crippen molar-refractivity contribution >= 4 is 68.0 Å². The number of amides is 1. The number of nitrogens with one attached hydrogen (secondary N) is 1. The molecule has 47 heavy (non-hydrogen) atoms. The highest BCUT2D eigenvalue weighted by molar-refractivity contribution is 8.15. The lowest BCUT2D eigenvalue weighted by Crippen LogP contribution is -2.36. The highest BCUT2D eigenvalue weighted by Gasteiger charge is 2.21. The van der Waals surface area contributed by atoms with Gasteiger partial charge in [-0.3, -0.25) is 24.8 Å². The average Bonchev–Trinajstić information content (AvgIpc) is 3.60. The lowest BCUT2D eigenvalue weighted by atomic mass is 10.2. The molecule has 0 radical (unpaired) electrons. The first-order valence-electron chi connectivity index (χ1n) is 14.3. The Bertz CT molecular complexity index is 1620. The third-order valence-corrected chi connectivity index (χ3v) is 9.00. The second-order valence-electron chi connectivity index (χ2n) is 8.76. The van der Waals surface area contributed by atoms with Gasteiger partial charge < -0.3 is 20.7 Å². The minimum Gasteiger partial charge on any atom is -0.486 e. The van der Waals surface area contributed by atoms with Crippen molar-refractivity contribution in [1.82, 2.24) is 5.43 Å². The predicted molar refractivity (Wildman–Crippen MR) is 193 cm³/mol. The fourth-order valence-electron chi connectivity index (χ4n) is 3.76. The van der Waals surface area contributed by atoms with E-state index in [1.807, 2.05) is 62.4 Å². The van der Waals surface area contributed by atoms with Gasteiger partial charge in [0.1, 0.15) is 13.2 Å². The number of hydrazone groups is 2. The predicted octanol–water partition coefficient (Wildman–Crippen LogP) is 6.23. The fraction of sp³-hybridized carbons (Fsp3) is 0.194. The van der Waals surface area contributed by atoms with Gasteiger partial charge in [0.25, 0.3) is 0 Å². The van der Waals surface area contributed by atoms with Crippen molar-refractivity contribution in [1.29, 1.82) is 0 Å². The molecule has 0 spiro atoms. The summed E-state index contributed by atoms with van der Waals surface area (Å²) in [5.41, 5.74) is 5.24. The van der Waals surface area contributed by atoms with E-state index >= 15 is 0 Å². The quantitative estimate of drug-likeness (QED) is 0.0362. The minimum atomic E-state index is -0.456. The van der Waals surface area contributed by atoms with Crippen LogP contribution >= 0.6 is 34.9 Å². The molecule has 0 bridgehead atoms. The lowest BCUT2D eigenvalue weighted by molar-refractivity contribution is -0.380. The molecule has 1 aliphatic heterocycles. The molecule has 0 saturated carbocycles. The highest BCUT2D eigenvalue weighted by Crippen LogP contribution is 2.37. The van der Waals surface area contributed by atoms with Gasteiger partial charge in [-0.1, -0.05) is 85.5 Å². The molecule has 1 amide bonds. The Morgan fingerprint density at radius 1 is 0.979 bits per heavy atom. The standard InChI is InChI=1S/C15H14N4O5S2.C14H16N4S.C2H6/c1-16-17-15(26-14-5-4-13(25-14)19(21)22)18(9-20)10-2-3-11-12(8-10)24-7-6-23-11;15-17-14(18(16)13-9-5-2-6-10-13)19-11-12-7-3-1-4-8-12;1-2/h2-5,8-9,16H,6-7H2,1H3;1-10H,11,15-16H2;1-2H3/b17-15+;17-14+;. The first-order valence-corrected chi connectivity index (χ1v) is 16.9. The molecule has 0 fully saturated rings. The number of thiophene rings is 1. The van der Waals surface area contributed by atoms with E-state index in [1.54, 1.807) is 31.3 Å². The molecule has 0 atom stereocenters. The average molecular weight is 697 g/mol. The summed E-state index contributed by atoms with van der Waals surface area (Å²) < 4.78 is 11.7. The highest BCUT2D eigenvalue weighted by atomic mass is 32.2. The molecule has 13 nitrogen and oxygen atoms in total. The number of amidine groups is 2. The van der Waals surface area contributed by atoms with E-state index in [-0.39, 0.29) is 5.00 Å². The first kappa shape index (κ1) is 36.7. The summed E-state index contributed by atoms with van der Waals surface area (Å²) in [6.45, 7) is 4.91. The maximum absolute atomic E-state index is 11.7. The van der Waals surface area contributed by atoms with Crippen LogP contribution in [-0.4, -0.2) is 41.9 Å². The molecule has 2 heterocycles. The van der Waals surface area contributed by atoms with Gasteiger partial charge in [-0.15, -0.1) is 0 Å². The Morgan fingerprint density at radius 2 is 1.64 bits per heavy atom. The van der Waals surface area contributed by atoms with Crippen LogP contribution in [0.1, 0.15) is 19.4 Å². The van der Waals surface area contributed by atoms with Crippen LogP contribution < -0.4 is 36.5 Å². The summed E-state index contributed by atoms with van der Waals surface area (Å²) >= 11 is 3.65. The van der Waals surface area contributed by atoms with Crippen LogP contribution in [0.3, 0.4) is 0 Å². The number of carbonyl (C=O) groups is 1. The number of nitro groups is 1. The number of benzene rings is 3. The second kappa shape index (κ2) is 19.7. The molecule has 0 unspecified atom stereocenters. The molecule has 5 rings (SSSR count). The van der Waals surface area contributed by atoms with Gasteiger partial charge >= 0.3 is 5.00 Å². The zero-order chi connectivity index (χ0) is 34.0. The molecule has 5 N–H and O–H groups in total. The Balaban J connectivity index is 0.000000254. The third kappa shape index (κ3) is 10.9. The molecule has 248 valence electrons. The van der Waals surface area contributed by atoms with Crippen molar-refractivity contribution in [2.24, 2.45) is 21.9 Å². The van der Waals surface area contributed by atoms with Crippen molar-refractivity contribution < 1.29 is 19.2 Å². The molecule has 3 aromatic carbocycles. The molecular weight excluding hydrogens is 661 g/mol. The van der Waals surface area contributed by atoms with Crippen molar-refractivity contribution in [3.63, 3.8) is 0 Å². The number of thioether (sulfide) groups is 2. The zero-order valence-electron chi connectivity index (χ0n) is 26.0. The van der Waals surface area contributed by atoms with Crippen molar-refractivity contribution in [2.45, 2.75) is 23.8 Å². The maximum atomic E-state index is 11.7. The summed E-state index contributed by atoms with van der Waals surface area (Å²) in [6, 6.07) is 27.9. The van der Waals surface area contributed by atoms with E-state index in [1.165, 1.54) is 33.3 Å². The summed E-state index contributed by atoms with van der Waals surface area (Å²) in [4.78, 5) is 23.4. The second-order valence-corrected chi connectivity index (χ2v) is 12.0. The van der Waals surface area contributed by atoms with Crippen LogP contribution in [-0.2, 0) is 10.5 Å². The number of nitrogens with two attached hydrogens (primary N) is 2. The number of nitrogens with zero attached hydrogens (tertiary/aromatic N) is 5. The SMILES string of the molecule is CC.CN/N=C(/Sc1ccc([N+](=O)[O-])s1)N(C=O)c1ccc2c(c1)OCCO2.N/N=C(/SCc1ccccc1)N(N)c1ccccc1. The number of rotatable bonds is 8. The van der Waals surface area contributed by atoms with Gasteiger partial charge in [0.05, 0.1) is 20.5 Å². The maximum Gasteiger partial charge on any atom is 0.325 e. The molecule has 16 heteroatoms. The molecule has 4 aromatic rings. The number of anilines is 2. The molecular formula is C31H36N8O5S3. The van der Waals surface area contributed by atoms with Crippen LogP contribution in [0, 0.1) is 10.1 Å². The van der Waals surface area contributed by atoms with E-state index in [9.17, 15) is 14.9 Å². The number of hydrogen-bond acceptors (Lipinski definition) is 13. The van der Waals surface area contributed by atoms with Gasteiger partial charge in [0.2, 0.25) is 11.6 Å². The topological polar surface area (TPSA) is 174 Å². The van der Waals surface area contributed by atoms with E-state index < -0.39 is 4.92 Å². The number of para-hydroxylation sites is 1. The first-order chi connectivity index (χ1) is 22.9. The molecule has 1 aliphatic rings. The Labute approximate surface area is 285 Å². The van der Waals surface area contributed by atoms with E-state index in [2.05, 4.69) is 27.8 Å². The fourth-order valence-corrected chi connectivity index (χ4v) is 6.47. The van der Waals surface area contributed by atoms with Gasteiger partial charge in [-0.05, 0) is 47.7 Å². The summed E-state index contributed by atoms with van der Waals surface area (Å²) in [5, 5.41) is 21.1. The molecule has 0 saturated heterocycles. The Morgan fingerprint density at radius 3 is 2.23 bits per heavy atom. The van der Waals surface area contributed by atoms with E-state index in [0.717, 1.165) is 34.5 Å². The van der Waals surface area contributed by atoms with Gasteiger partial charge in [-0.2, -0.15) is 10.2 Å².